The van der Waals surface area contributed by atoms with E-state index in [1.54, 1.807) is 13.2 Å². The van der Waals surface area contributed by atoms with Crippen LogP contribution in [-0.2, 0) is 13.9 Å². The summed E-state index contributed by atoms with van der Waals surface area (Å²) in [7, 11) is -0.531. The van der Waals surface area contributed by atoms with Crippen LogP contribution in [0.3, 0.4) is 0 Å². The van der Waals surface area contributed by atoms with Crippen LogP contribution in [0, 0.1) is 0 Å². The molecule has 0 unspecified atom stereocenters. The highest BCUT2D eigenvalue weighted by Gasteiger charge is 2.50. The summed E-state index contributed by atoms with van der Waals surface area (Å²) in [5.41, 5.74) is -1.00. The maximum atomic E-state index is 12.1. The Labute approximate surface area is 148 Å². The van der Waals surface area contributed by atoms with E-state index in [-0.39, 0.29) is 11.1 Å². The van der Waals surface area contributed by atoms with Crippen molar-refractivity contribution in [3.63, 3.8) is 0 Å². The number of ether oxygens (including phenoxy) is 2. The lowest BCUT2D eigenvalue weighted by molar-refractivity contribution is -0.0482. The van der Waals surface area contributed by atoms with Crippen LogP contribution in [0.1, 0.15) is 27.0 Å². The third kappa shape index (κ3) is 3.87. The lowest BCUT2D eigenvalue weighted by Gasteiger charge is -2.40. The highest BCUT2D eigenvalue weighted by Crippen LogP contribution is 2.41. The first-order chi connectivity index (χ1) is 11.5. The normalized spacial score (nSPS) is 27.4. The first kappa shape index (κ1) is 19.8. The molecular weight excluding hydrogens is 340 g/mol. The molecule has 4 atom stereocenters. The molecule has 0 spiro atoms. The molecule has 140 valence electrons. The summed E-state index contributed by atoms with van der Waals surface area (Å²) in [4.78, 5) is 25.7. The number of rotatable bonds is 5. The standard InChI is InChI=1S/C17H28N2O5Si/c1-8-11-13(24-25(6,7)17(2,3)4)14(22-5)15(23-11)19-10-9-12(20)18-16(19)21/h8-11,13-15H,1H2,2-7H3,(H,18,20,21)/t11-,13-,14-,15-/m1/s1. The number of H-pyrrole nitrogens is 1. The van der Waals surface area contributed by atoms with Gasteiger partial charge in [-0.1, -0.05) is 26.8 Å². The molecule has 2 rings (SSSR count). The van der Waals surface area contributed by atoms with E-state index in [1.165, 1.54) is 16.8 Å². The minimum Gasteiger partial charge on any atom is -0.408 e. The fraction of sp³-hybridized carbons (Fsp3) is 0.647. The molecule has 0 saturated carbocycles. The summed E-state index contributed by atoms with van der Waals surface area (Å²) in [6.07, 6.45) is 1.08. The molecule has 1 aromatic rings. The number of hydrogen-bond acceptors (Lipinski definition) is 5. The van der Waals surface area contributed by atoms with E-state index in [4.69, 9.17) is 13.9 Å². The van der Waals surface area contributed by atoms with Gasteiger partial charge in [-0.2, -0.15) is 0 Å². The van der Waals surface area contributed by atoms with E-state index in [9.17, 15) is 9.59 Å². The maximum absolute atomic E-state index is 12.1. The Balaban J connectivity index is 2.39. The number of methoxy groups -OCH3 is 1. The van der Waals surface area contributed by atoms with Crippen LogP contribution in [0.2, 0.25) is 18.1 Å². The van der Waals surface area contributed by atoms with Gasteiger partial charge in [-0.05, 0) is 18.1 Å². The van der Waals surface area contributed by atoms with E-state index in [1.807, 2.05) is 0 Å². The zero-order chi connectivity index (χ0) is 19.0. The number of nitrogens with one attached hydrogen (secondary N) is 1. The van der Waals surface area contributed by atoms with Crippen molar-refractivity contribution in [2.24, 2.45) is 0 Å². The smallest absolute Gasteiger partial charge is 0.330 e. The molecule has 0 aromatic carbocycles. The lowest BCUT2D eigenvalue weighted by Crippen LogP contribution is -2.49. The van der Waals surface area contributed by atoms with Gasteiger partial charge in [-0.25, -0.2) is 4.79 Å². The molecule has 0 amide bonds. The van der Waals surface area contributed by atoms with Crippen molar-refractivity contribution in [1.29, 1.82) is 0 Å². The summed E-state index contributed by atoms with van der Waals surface area (Å²) >= 11 is 0. The third-order valence-electron chi connectivity index (χ3n) is 5.09. The summed E-state index contributed by atoms with van der Waals surface area (Å²) in [6, 6.07) is 1.28. The van der Waals surface area contributed by atoms with E-state index in [2.05, 4.69) is 45.4 Å². The Kier molecular flexibility index (Phi) is 5.58. The molecule has 1 aliphatic rings. The number of aromatic nitrogens is 2. The van der Waals surface area contributed by atoms with Crippen LogP contribution in [-0.4, -0.2) is 43.3 Å². The van der Waals surface area contributed by atoms with Gasteiger partial charge in [-0.3, -0.25) is 14.3 Å². The van der Waals surface area contributed by atoms with Gasteiger partial charge >= 0.3 is 5.69 Å². The van der Waals surface area contributed by atoms with Gasteiger partial charge in [0.05, 0.1) is 0 Å². The van der Waals surface area contributed by atoms with Crippen LogP contribution in [0.15, 0.2) is 34.5 Å². The lowest BCUT2D eigenvalue weighted by atomic mass is 10.1. The van der Waals surface area contributed by atoms with Crippen molar-refractivity contribution in [3.05, 3.63) is 45.8 Å². The molecule has 7 nitrogen and oxygen atoms in total. The molecule has 1 aromatic heterocycles. The Morgan fingerprint density at radius 3 is 2.44 bits per heavy atom. The molecule has 1 N–H and O–H groups in total. The second kappa shape index (κ2) is 7.03. The largest absolute Gasteiger partial charge is 0.408 e. The Bertz CT molecular complexity index is 734. The zero-order valence-corrected chi connectivity index (χ0v) is 16.7. The first-order valence-corrected chi connectivity index (χ1v) is 11.2. The highest BCUT2D eigenvalue weighted by molar-refractivity contribution is 6.74. The van der Waals surface area contributed by atoms with Crippen molar-refractivity contribution < 1.29 is 13.9 Å². The van der Waals surface area contributed by atoms with Gasteiger partial charge in [-0.15, -0.1) is 6.58 Å². The SMILES string of the molecule is C=C[C@H]1O[C@@H](n2ccc(=O)[nH]c2=O)[C@H](OC)[C@@H]1O[Si](C)(C)C(C)(C)C. The Hall–Kier alpha value is -1.48. The van der Waals surface area contributed by atoms with Crippen molar-refractivity contribution in [1.82, 2.24) is 9.55 Å². The Morgan fingerprint density at radius 2 is 1.96 bits per heavy atom. The van der Waals surface area contributed by atoms with Gasteiger partial charge in [0.2, 0.25) is 0 Å². The average molecular weight is 369 g/mol. The van der Waals surface area contributed by atoms with E-state index >= 15 is 0 Å². The summed E-state index contributed by atoms with van der Waals surface area (Å²) in [5, 5.41) is 0.0178. The van der Waals surface area contributed by atoms with Crippen molar-refractivity contribution in [2.45, 2.75) is 63.4 Å². The molecule has 2 heterocycles. The molecule has 0 radical (unpaired) electrons. The Morgan fingerprint density at radius 1 is 1.32 bits per heavy atom. The van der Waals surface area contributed by atoms with Gasteiger partial charge < -0.3 is 13.9 Å². The first-order valence-electron chi connectivity index (χ1n) is 8.32. The van der Waals surface area contributed by atoms with Crippen LogP contribution >= 0.6 is 0 Å². The third-order valence-corrected chi connectivity index (χ3v) is 9.57. The van der Waals surface area contributed by atoms with Gasteiger partial charge in [0, 0.05) is 19.4 Å². The topological polar surface area (TPSA) is 82.6 Å². The van der Waals surface area contributed by atoms with E-state index in [0.717, 1.165) is 0 Å². The minimum absolute atomic E-state index is 0.0178. The highest BCUT2D eigenvalue weighted by atomic mass is 28.4. The van der Waals surface area contributed by atoms with Crippen molar-refractivity contribution >= 4 is 8.32 Å². The second-order valence-electron chi connectivity index (χ2n) is 7.79. The van der Waals surface area contributed by atoms with Crippen molar-refractivity contribution in [2.75, 3.05) is 7.11 Å². The van der Waals surface area contributed by atoms with Crippen LogP contribution in [0.25, 0.3) is 0 Å². The fourth-order valence-electron chi connectivity index (χ4n) is 2.61. The van der Waals surface area contributed by atoms with Crippen LogP contribution < -0.4 is 11.2 Å². The molecular formula is C17H28N2O5Si. The molecule has 0 aliphatic carbocycles. The average Bonchev–Trinajstić information content (AvgIpc) is 2.82. The molecule has 25 heavy (non-hydrogen) atoms. The van der Waals surface area contributed by atoms with Crippen LogP contribution in [0.5, 0.6) is 0 Å². The van der Waals surface area contributed by atoms with Gasteiger partial charge in [0.25, 0.3) is 5.56 Å². The number of nitrogens with zero attached hydrogens (tertiary/aromatic N) is 1. The maximum Gasteiger partial charge on any atom is 0.330 e. The predicted molar refractivity (Wildman–Crippen MR) is 98.3 cm³/mol. The summed E-state index contributed by atoms with van der Waals surface area (Å²) < 4.78 is 19.5. The van der Waals surface area contributed by atoms with Gasteiger partial charge in [0.1, 0.15) is 18.3 Å². The monoisotopic (exact) mass is 368 g/mol. The quantitative estimate of drug-likeness (QED) is 0.635. The molecule has 1 saturated heterocycles. The van der Waals surface area contributed by atoms with Gasteiger partial charge in [0.15, 0.2) is 14.5 Å². The minimum atomic E-state index is -2.09. The van der Waals surface area contributed by atoms with E-state index < -0.39 is 38.0 Å². The zero-order valence-electron chi connectivity index (χ0n) is 15.7. The molecule has 1 fully saturated rings. The number of hydrogen-bond donors (Lipinski definition) is 1. The number of aromatic amines is 1. The molecule has 1 aliphatic heterocycles. The molecule has 0 bridgehead atoms. The second-order valence-corrected chi connectivity index (χ2v) is 12.5. The predicted octanol–water partition coefficient (Wildman–Crippen LogP) is 2.03. The summed E-state index contributed by atoms with van der Waals surface area (Å²) in [6.45, 7) is 14.6. The summed E-state index contributed by atoms with van der Waals surface area (Å²) in [5.74, 6) is 0. The van der Waals surface area contributed by atoms with E-state index in [0.29, 0.717) is 0 Å². The fourth-order valence-corrected chi connectivity index (χ4v) is 3.91. The van der Waals surface area contributed by atoms with Crippen LogP contribution in [0.4, 0.5) is 0 Å². The van der Waals surface area contributed by atoms with Crippen molar-refractivity contribution in [3.8, 4) is 0 Å². The molecule has 8 heteroatoms.